The Bertz CT molecular complexity index is 922. The molecule has 3 rings (SSSR count). The number of rotatable bonds is 4. The number of benzene rings is 1. The molecule has 1 aromatic heterocycles. The van der Waals surface area contributed by atoms with Gasteiger partial charge in [-0.1, -0.05) is 37.5 Å². The van der Waals surface area contributed by atoms with Crippen LogP contribution in [0.15, 0.2) is 53.2 Å². The first-order valence-electron chi connectivity index (χ1n) is 9.70. The van der Waals surface area contributed by atoms with Gasteiger partial charge in [0, 0.05) is 22.9 Å². The van der Waals surface area contributed by atoms with E-state index in [0.717, 1.165) is 37.4 Å². The largest absolute Gasteiger partial charge is 0.417 e. The van der Waals surface area contributed by atoms with E-state index < -0.39 is 11.7 Å². The van der Waals surface area contributed by atoms with Crippen LogP contribution in [0.4, 0.5) is 18.9 Å². The minimum absolute atomic E-state index is 0.0400. The van der Waals surface area contributed by atoms with E-state index in [1.807, 2.05) is 6.07 Å². The first-order chi connectivity index (χ1) is 13.7. The second-order valence-electron chi connectivity index (χ2n) is 7.44. The number of aromatic nitrogens is 1. The molecule has 4 nitrogen and oxygen atoms in total. The van der Waals surface area contributed by atoms with E-state index in [-0.39, 0.29) is 23.0 Å². The van der Waals surface area contributed by atoms with Gasteiger partial charge in [0.15, 0.2) is 0 Å². The maximum Gasteiger partial charge on any atom is 0.417 e. The number of nitrogens with zero attached hydrogens (tertiary/aromatic N) is 2. The van der Waals surface area contributed by atoms with Gasteiger partial charge in [0.25, 0.3) is 0 Å². The van der Waals surface area contributed by atoms with Crippen LogP contribution in [-0.2, 0) is 6.18 Å². The van der Waals surface area contributed by atoms with E-state index >= 15 is 0 Å². The van der Waals surface area contributed by atoms with Crippen molar-refractivity contribution in [1.82, 2.24) is 4.98 Å². The molecule has 0 saturated heterocycles. The molecule has 1 aromatic carbocycles. The van der Waals surface area contributed by atoms with E-state index in [1.54, 1.807) is 19.1 Å². The summed E-state index contributed by atoms with van der Waals surface area (Å²) < 4.78 is 40.6. The number of alkyl halides is 3. The van der Waals surface area contributed by atoms with E-state index in [4.69, 9.17) is 11.5 Å². The van der Waals surface area contributed by atoms with E-state index in [9.17, 15) is 13.2 Å². The first kappa shape index (κ1) is 20.9. The van der Waals surface area contributed by atoms with Gasteiger partial charge in [0.05, 0.1) is 16.9 Å². The molecular formula is C22H25F3N4. The number of hydrogen-bond donors (Lipinski definition) is 2. The topological polar surface area (TPSA) is 77.3 Å². The zero-order chi connectivity index (χ0) is 21.0. The Hall–Kier alpha value is -2.83. The normalized spacial score (nSPS) is 16.8. The van der Waals surface area contributed by atoms with Crippen LogP contribution in [0.2, 0.25) is 0 Å². The van der Waals surface area contributed by atoms with E-state index in [0.29, 0.717) is 11.4 Å². The Morgan fingerprint density at radius 3 is 2.45 bits per heavy atom. The highest BCUT2D eigenvalue weighted by molar-refractivity contribution is 5.94. The second kappa shape index (κ2) is 8.68. The van der Waals surface area contributed by atoms with Crippen LogP contribution in [0.25, 0.3) is 11.3 Å². The molecule has 0 spiro atoms. The molecule has 0 unspecified atom stereocenters. The Morgan fingerprint density at radius 2 is 1.79 bits per heavy atom. The van der Waals surface area contributed by atoms with Crippen LogP contribution in [0.3, 0.4) is 0 Å². The zero-order valence-electron chi connectivity index (χ0n) is 16.3. The highest BCUT2D eigenvalue weighted by Gasteiger charge is 2.34. The molecule has 0 atom stereocenters. The molecule has 0 radical (unpaired) electrons. The summed E-state index contributed by atoms with van der Waals surface area (Å²) >= 11 is 0. The van der Waals surface area contributed by atoms with Crippen molar-refractivity contribution in [2.75, 3.05) is 0 Å². The van der Waals surface area contributed by atoms with E-state index in [1.165, 1.54) is 24.6 Å². The molecular weight excluding hydrogens is 377 g/mol. The summed E-state index contributed by atoms with van der Waals surface area (Å²) in [7, 11) is 0. The zero-order valence-corrected chi connectivity index (χ0v) is 16.3. The SMILES string of the molecule is C/C(N)=C/C(N)=Nc1cc(-c2ccccc2C(F)(F)F)nc(C2CCCCC2)c1. The summed E-state index contributed by atoms with van der Waals surface area (Å²) in [6, 6.07) is 8.84. The minimum Gasteiger partial charge on any atom is -0.402 e. The van der Waals surface area contributed by atoms with Crippen molar-refractivity contribution in [3.8, 4) is 11.3 Å². The summed E-state index contributed by atoms with van der Waals surface area (Å²) in [5.41, 5.74) is 12.9. The Kier molecular flexibility index (Phi) is 6.25. The van der Waals surface area contributed by atoms with Crippen molar-refractivity contribution in [2.24, 2.45) is 16.5 Å². The number of nitrogens with two attached hydrogens (primary N) is 2. The van der Waals surface area contributed by atoms with Crippen molar-refractivity contribution in [3.05, 3.63) is 59.4 Å². The van der Waals surface area contributed by atoms with Gasteiger partial charge in [-0.3, -0.25) is 4.98 Å². The summed E-state index contributed by atoms with van der Waals surface area (Å²) in [4.78, 5) is 8.97. The third-order valence-electron chi connectivity index (χ3n) is 5.00. The van der Waals surface area contributed by atoms with Gasteiger partial charge in [0.2, 0.25) is 0 Å². The summed E-state index contributed by atoms with van der Waals surface area (Å²) in [5, 5.41) is 0. The number of allylic oxidation sites excluding steroid dienone is 1. The third-order valence-corrected chi connectivity index (χ3v) is 5.00. The lowest BCUT2D eigenvalue weighted by Crippen LogP contribution is -2.11. The highest BCUT2D eigenvalue weighted by atomic mass is 19.4. The number of halogens is 3. The van der Waals surface area contributed by atoms with Crippen LogP contribution in [0.5, 0.6) is 0 Å². The molecule has 4 N–H and O–H groups in total. The first-order valence-corrected chi connectivity index (χ1v) is 9.70. The van der Waals surface area contributed by atoms with Gasteiger partial charge in [0.1, 0.15) is 5.84 Å². The van der Waals surface area contributed by atoms with Gasteiger partial charge in [-0.15, -0.1) is 0 Å². The Morgan fingerprint density at radius 1 is 1.10 bits per heavy atom. The van der Waals surface area contributed by atoms with Gasteiger partial charge in [-0.25, -0.2) is 4.99 Å². The molecule has 1 heterocycles. The van der Waals surface area contributed by atoms with Crippen molar-refractivity contribution >= 4 is 11.5 Å². The number of aliphatic imine (C=N–C) groups is 1. The van der Waals surface area contributed by atoms with Crippen molar-refractivity contribution in [3.63, 3.8) is 0 Å². The molecule has 1 aliphatic rings. The minimum atomic E-state index is -4.47. The van der Waals surface area contributed by atoms with Gasteiger partial charge >= 0.3 is 6.18 Å². The van der Waals surface area contributed by atoms with Gasteiger partial charge in [-0.2, -0.15) is 13.2 Å². The number of hydrogen-bond acceptors (Lipinski definition) is 3. The average molecular weight is 402 g/mol. The third kappa shape index (κ3) is 5.37. The molecule has 0 bridgehead atoms. The van der Waals surface area contributed by atoms with Crippen LogP contribution >= 0.6 is 0 Å². The molecule has 1 fully saturated rings. The number of pyridine rings is 1. The highest BCUT2D eigenvalue weighted by Crippen LogP contribution is 2.39. The fraction of sp³-hybridized carbons (Fsp3) is 0.364. The van der Waals surface area contributed by atoms with Crippen LogP contribution in [-0.4, -0.2) is 10.8 Å². The molecule has 29 heavy (non-hydrogen) atoms. The van der Waals surface area contributed by atoms with Gasteiger partial charge in [-0.05, 0) is 44.0 Å². The fourth-order valence-electron chi connectivity index (χ4n) is 3.72. The monoisotopic (exact) mass is 402 g/mol. The molecule has 7 heteroatoms. The predicted octanol–water partition coefficient (Wildman–Crippen LogP) is 5.67. The maximum absolute atomic E-state index is 13.5. The molecule has 1 saturated carbocycles. The van der Waals surface area contributed by atoms with Crippen molar-refractivity contribution in [2.45, 2.75) is 51.1 Å². The Labute approximate surface area is 168 Å². The predicted molar refractivity (Wildman–Crippen MR) is 110 cm³/mol. The second-order valence-corrected chi connectivity index (χ2v) is 7.44. The maximum atomic E-state index is 13.5. The lowest BCUT2D eigenvalue weighted by Gasteiger charge is -2.22. The number of amidine groups is 1. The molecule has 0 aliphatic heterocycles. The Balaban J connectivity index is 2.14. The quantitative estimate of drug-likeness (QED) is 0.511. The molecule has 154 valence electrons. The summed E-state index contributed by atoms with van der Waals surface area (Å²) in [6.45, 7) is 1.69. The van der Waals surface area contributed by atoms with Crippen LogP contribution < -0.4 is 11.5 Å². The summed E-state index contributed by atoms with van der Waals surface area (Å²) in [6.07, 6.45) is 2.34. The summed E-state index contributed by atoms with van der Waals surface area (Å²) in [5.74, 6) is 0.407. The fourth-order valence-corrected chi connectivity index (χ4v) is 3.72. The molecule has 2 aromatic rings. The average Bonchev–Trinajstić information content (AvgIpc) is 2.67. The molecule has 0 amide bonds. The van der Waals surface area contributed by atoms with Crippen molar-refractivity contribution in [1.29, 1.82) is 0 Å². The van der Waals surface area contributed by atoms with Crippen LogP contribution in [0.1, 0.15) is 56.2 Å². The van der Waals surface area contributed by atoms with Crippen molar-refractivity contribution < 1.29 is 13.2 Å². The van der Waals surface area contributed by atoms with E-state index in [2.05, 4.69) is 9.98 Å². The lowest BCUT2D eigenvalue weighted by atomic mass is 9.86. The smallest absolute Gasteiger partial charge is 0.402 e. The van der Waals surface area contributed by atoms with Gasteiger partial charge < -0.3 is 11.5 Å². The standard InChI is InChI=1S/C22H25F3N4/c1-14(26)11-21(27)28-16-12-19(15-7-3-2-4-8-15)29-20(13-16)17-9-5-6-10-18(17)22(23,24)25/h5-6,9-13,15H,2-4,7-8,26H2,1H3,(H2,27,28,29)/b14-11-. The lowest BCUT2D eigenvalue weighted by molar-refractivity contribution is -0.137. The molecule has 1 aliphatic carbocycles. The van der Waals surface area contributed by atoms with Crippen LogP contribution in [0, 0.1) is 0 Å².